The summed E-state index contributed by atoms with van der Waals surface area (Å²) in [4.78, 5) is 11.0. The SMILES string of the molecule is CCCC(C)C(O)C(C)CC(=O)OC. The van der Waals surface area contributed by atoms with E-state index in [1.54, 1.807) is 0 Å². The molecule has 0 amide bonds. The van der Waals surface area contributed by atoms with Crippen LogP contribution in [0.2, 0.25) is 0 Å². The number of carbonyl (C=O) groups is 1. The van der Waals surface area contributed by atoms with Crippen LogP contribution >= 0.6 is 0 Å². The van der Waals surface area contributed by atoms with Crippen molar-refractivity contribution in [2.75, 3.05) is 7.11 Å². The van der Waals surface area contributed by atoms with E-state index in [0.717, 1.165) is 12.8 Å². The highest BCUT2D eigenvalue weighted by Gasteiger charge is 2.22. The van der Waals surface area contributed by atoms with E-state index >= 15 is 0 Å². The molecule has 0 rings (SSSR count). The molecule has 0 aliphatic heterocycles. The molecule has 0 aromatic carbocycles. The van der Waals surface area contributed by atoms with Crippen molar-refractivity contribution >= 4 is 5.97 Å². The van der Waals surface area contributed by atoms with Crippen LogP contribution in [0.5, 0.6) is 0 Å². The minimum absolute atomic E-state index is 0.0241. The first-order chi connectivity index (χ1) is 6.52. The molecular formula is C11H22O3. The lowest BCUT2D eigenvalue weighted by Gasteiger charge is -2.23. The minimum atomic E-state index is -0.408. The van der Waals surface area contributed by atoms with Crippen molar-refractivity contribution in [1.29, 1.82) is 0 Å². The molecule has 0 aromatic heterocycles. The fourth-order valence-electron chi connectivity index (χ4n) is 1.65. The van der Waals surface area contributed by atoms with E-state index in [2.05, 4.69) is 11.7 Å². The molecule has 0 bridgehead atoms. The van der Waals surface area contributed by atoms with Gasteiger partial charge in [-0.05, 0) is 18.3 Å². The number of hydrogen-bond acceptors (Lipinski definition) is 3. The number of esters is 1. The fourth-order valence-corrected chi connectivity index (χ4v) is 1.65. The van der Waals surface area contributed by atoms with Gasteiger partial charge < -0.3 is 9.84 Å². The number of aliphatic hydroxyl groups excluding tert-OH is 1. The number of methoxy groups -OCH3 is 1. The Morgan fingerprint density at radius 2 is 1.93 bits per heavy atom. The van der Waals surface area contributed by atoms with Crippen molar-refractivity contribution in [3.63, 3.8) is 0 Å². The highest BCUT2D eigenvalue weighted by molar-refractivity contribution is 5.69. The van der Waals surface area contributed by atoms with Crippen LogP contribution in [0, 0.1) is 11.8 Å². The third-order valence-corrected chi connectivity index (χ3v) is 2.63. The number of ether oxygens (including phenoxy) is 1. The monoisotopic (exact) mass is 202 g/mol. The summed E-state index contributed by atoms with van der Waals surface area (Å²) in [6.45, 7) is 5.99. The van der Waals surface area contributed by atoms with Gasteiger partial charge in [-0.1, -0.05) is 27.2 Å². The number of carbonyl (C=O) groups excluding carboxylic acids is 1. The van der Waals surface area contributed by atoms with Crippen LogP contribution in [0.25, 0.3) is 0 Å². The van der Waals surface area contributed by atoms with E-state index in [1.807, 2.05) is 13.8 Å². The largest absolute Gasteiger partial charge is 0.469 e. The molecule has 0 aliphatic carbocycles. The molecule has 3 nitrogen and oxygen atoms in total. The standard InChI is InChI=1S/C11H22O3/c1-5-6-8(2)11(13)9(3)7-10(12)14-4/h8-9,11,13H,5-7H2,1-4H3. The van der Waals surface area contributed by atoms with Crippen molar-refractivity contribution in [3.8, 4) is 0 Å². The Hall–Kier alpha value is -0.570. The molecule has 3 heteroatoms. The average molecular weight is 202 g/mol. The zero-order chi connectivity index (χ0) is 11.1. The van der Waals surface area contributed by atoms with E-state index < -0.39 is 6.10 Å². The van der Waals surface area contributed by atoms with Gasteiger partial charge in [0.05, 0.1) is 19.6 Å². The lowest BCUT2D eigenvalue weighted by Crippen LogP contribution is -2.27. The Kier molecular flexibility index (Phi) is 6.54. The van der Waals surface area contributed by atoms with Crippen LogP contribution in [0.3, 0.4) is 0 Å². The molecule has 0 saturated carbocycles. The normalized spacial score (nSPS) is 17.2. The maximum absolute atomic E-state index is 11.0. The molecule has 0 spiro atoms. The predicted molar refractivity (Wildman–Crippen MR) is 55.9 cm³/mol. The maximum atomic E-state index is 11.0. The van der Waals surface area contributed by atoms with Gasteiger partial charge in [-0.3, -0.25) is 4.79 Å². The zero-order valence-corrected chi connectivity index (χ0v) is 9.62. The molecule has 14 heavy (non-hydrogen) atoms. The van der Waals surface area contributed by atoms with Gasteiger partial charge in [-0.2, -0.15) is 0 Å². The van der Waals surface area contributed by atoms with Gasteiger partial charge in [-0.25, -0.2) is 0 Å². The van der Waals surface area contributed by atoms with E-state index in [4.69, 9.17) is 0 Å². The minimum Gasteiger partial charge on any atom is -0.469 e. The first kappa shape index (κ1) is 13.4. The van der Waals surface area contributed by atoms with Crippen LogP contribution in [0.4, 0.5) is 0 Å². The van der Waals surface area contributed by atoms with Crippen LogP contribution in [0.1, 0.15) is 40.0 Å². The zero-order valence-electron chi connectivity index (χ0n) is 9.62. The van der Waals surface area contributed by atoms with Gasteiger partial charge in [0.2, 0.25) is 0 Å². The average Bonchev–Trinajstić information content (AvgIpc) is 2.16. The number of rotatable bonds is 6. The Morgan fingerprint density at radius 3 is 2.36 bits per heavy atom. The molecule has 84 valence electrons. The van der Waals surface area contributed by atoms with Crippen molar-refractivity contribution < 1.29 is 14.6 Å². The van der Waals surface area contributed by atoms with E-state index in [9.17, 15) is 9.90 Å². The third-order valence-electron chi connectivity index (χ3n) is 2.63. The van der Waals surface area contributed by atoms with E-state index in [0.29, 0.717) is 6.42 Å². The number of hydrogen-bond donors (Lipinski definition) is 1. The summed E-state index contributed by atoms with van der Waals surface area (Å²) in [5.74, 6) is -0.0242. The Bertz CT molecular complexity index is 168. The van der Waals surface area contributed by atoms with E-state index in [1.165, 1.54) is 7.11 Å². The summed E-state index contributed by atoms with van der Waals surface area (Å²) < 4.78 is 4.56. The summed E-state index contributed by atoms with van der Waals surface area (Å²) in [6, 6.07) is 0. The summed E-state index contributed by atoms with van der Waals surface area (Å²) in [5.41, 5.74) is 0. The van der Waals surface area contributed by atoms with Crippen molar-refractivity contribution in [2.24, 2.45) is 11.8 Å². The quantitative estimate of drug-likeness (QED) is 0.670. The molecule has 0 aromatic rings. The first-order valence-electron chi connectivity index (χ1n) is 5.27. The van der Waals surface area contributed by atoms with Gasteiger partial charge in [0.1, 0.15) is 0 Å². The third kappa shape index (κ3) is 4.61. The topological polar surface area (TPSA) is 46.5 Å². The molecule has 0 fully saturated rings. The molecule has 3 atom stereocenters. The van der Waals surface area contributed by atoms with Gasteiger partial charge >= 0.3 is 5.97 Å². The second-order valence-electron chi connectivity index (χ2n) is 4.01. The molecule has 1 N–H and O–H groups in total. The second-order valence-corrected chi connectivity index (χ2v) is 4.01. The lowest BCUT2D eigenvalue weighted by molar-refractivity contribution is -0.142. The lowest BCUT2D eigenvalue weighted by atomic mass is 9.88. The van der Waals surface area contributed by atoms with Crippen molar-refractivity contribution in [3.05, 3.63) is 0 Å². The summed E-state index contributed by atoms with van der Waals surface area (Å²) >= 11 is 0. The van der Waals surface area contributed by atoms with Gasteiger partial charge in [-0.15, -0.1) is 0 Å². The highest BCUT2D eigenvalue weighted by atomic mass is 16.5. The molecule has 0 heterocycles. The Labute approximate surface area is 86.5 Å². The van der Waals surface area contributed by atoms with Gasteiger partial charge in [0, 0.05) is 0 Å². The summed E-state index contributed by atoms with van der Waals surface area (Å²) in [6.07, 6.45) is 1.94. The van der Waals surface area contributed by atoms with Crippen LogP contribution in [0.15, 0.2) is 0 Å². The molecule has 0 radical (unpaired) electrons. The molecular weight excluding hydrogens is 180 g/mol. The van der Waals surface area contributed by atoms with Crippen molar-refractivity contribution in [1.82, 2.24) is 0 Å². The first-order valence-corrected chi connectivity index (χ1v) is 5.27. The van der Waals surface area contributed by atoms with Crippen LogP contribution < -0.4 is 0 Å². The smallest absolute Gasteiger partial charge is 0.305 e. The van der Waals surface area contributed by atoms with Gasteiger partial charge in [0.15, 0.2) is 0 Å². The maximum Gasteiger partial charge on any atom is 0.305 e. The summed E-state index contributed by atoms with van der Waals surface area (Å²) in [7, 11) is 1.37. The van der Waals surface area contributed by atoms with Crippen LogP contribution in [-0.2, 0) is 9.53 Å². The highest BCUT2D eigenvalue weighted by Crippen LogP contribution is 2.20. The number of aliphatic hydroxyl groups is 1. The Balaban J connectivity index is 3.97. The molecule has 3 unspecified atom stereocenters. The fraction of sp³-hybridized carbons (Fsp3) is 0.909. The van der Waals surface area contributed by atoms with Crippen LogP contribution in [-0.4, -0.2) is 24.3 Å². The predicted octanol–water partition coefficient (Wildman–Crippen LogP) is 1.98. The second kappa shape index (κ2) is 6.82. The molecule has 0 aliphatic rings. The summed E-state index contributed by atoms with van der Waals surface area (Å²) in [5, 5.41) is 9.85. The Morgan fingerprint density at radius 1 is 1.36 bits per heavy atom. The molecule has 0 saturated heterocycles. The van der Waals surface area contributed by atoms with Gasteiger partial charge in [0.25, 0.3) is 0 Å². The van der Waals surface area contributed by atoms with E-state index in [-0.39, 0.29) is 17.8 Å². The van der Waals surface area contributed by atoms with Crippen molar-refractivity contribution in [2.45, 2.75) is 46.1 Å².